The predicted octanol–water partition coefficient (Wildman–Crippen LogP) is 2.76. The number of aromatic nitrogens is 3. The summed E-state index contributed by atoms with van der Waals surface area (Å²) >= 11 is 6.25. The normalized spacial score (nSPS) is 22.4. The van der Waals surface area contributed by atoms with E-state index >= 15 is 0 Å². The molecule has 14 heteroatoms. The molecule has 0 spiro atoms. The minimum atomic E-state index is -0.977. The molecule has 11 nitrogen and oxygen atoms in total. The van der Waals surface area contributed by atoms with Gasteiger partial charge in [-0.2, -0.15) is 9.97 Å². The molecule has 40 heavy (non-hydrogen) atoms. The summed E-state index contributed by atoms with van der Waals surface area (Å²) in [7, 11) is 0. The molecule has 5 atom stereocenters. The second kappa shape index (κ2) is 13.0. The second-order valence-electron chi connectivity index (χ2n) is 9.21. The predicted molar refractivity (Wildman–Crippen MR) is 139 cm³/mol. The number of halogens is 3. The van der Waals surface area contributed by atoms with E-state index in [9.17, 15) is 18.7 Å². The van der Waals surface area contributed by atoms with Crippen molar-refractivity contribution >= 4 is 28.7 Å². The molecule has 218 valence electrons. The lowest BCUT2D eigenvalue weighted by atomic mass is 10.1. The van der Waals surface area contributed by atoms with Crippen LogP contribution in [0.2, 0.25) is 5.02 Å². The lowest BCUT2D eigenvalue weighted by molar-refractivity contribution is 0.00706. The summed E-state index contributed by atoms with van der Waals surface area (Å²) in [4.78, 5) is 23.6. The molecule has 1 amide bonds. The average molecular weight is 585 g/mol. The van der Waals surface area contributed by atoms with E-state index in [1.165, 1.54) is 6.07 Å². The van der Waals surface area contributed by atoms with E-state index in [0.717, 1.165) is 12.1 Å². The van der Waals surface area contributed by atoms with Crippen molar-refractivity contribution in [3.05, 3.63) is 46.0 Å². The fourth-order valence-corrected chi connectivity index (χ4v) is 4.38. The Balaban J connectivity index is 0.00000181. The molecule has 3 aromatic rings. The number of amides is 1. The van der Waals surface area contributed by atoms with Gasteiger partial charge in [-0.1, -0.05) is 32.4 Å². The fourth-order valence-electron chi connectivity index (χ4n) is 4.17. The Morgan fingerprint density at radius 2 is 1.90 bits per heavy atom. The van der Waals surface area contributed by atoms with E-state index in [4.69, 9.17) is 35.7 Å². The van der Waals surface area contributed by atoms with E-state index in [-0.39, 0.29) is 60.4 Å². The molecule has 2 aliphatic rings. The molecule has 0 saturated carbocycles. The van der Waals surface area contributed by atoms with Gasteiger partial charge in [-0.25, -0.2) is 8.78 Å². The van der Waals surface area contributed by atoms with Crippen LogP contribution in [0.3, 0.4) is 0 Å². The highest BCUT2D eigenvalue weighted by Gasteiger charge is 2.48. The number of imidazole rings is 1. The number of aliphatic hydroxyl groups excluding tert-OH is 2. The van der Waals surface area contributed by atoms with Crippen LogP contribution in [0.5, 0.6) is 11.9 Å². The minimum Gasteiger partial charge on any atom is -0.471 e. The number of pyridine rings is 1. The van der Waals surface area contributed by atoms with E-state index in [1.807, 2.05) is 13.8 Å². The first-order valence-electron chi connectivity index (χ1n) is 12.9. The van der Waals surface area contributed by atoms with Crippen LogP contribution in [-0.4, -0.2) is 81.9 Å². The maximum absolute atomic E-state index is 14.6. The quantitative estimate of drug-likeness (QED) is 0.298. The Morgan fingerprint density at radius 3 is 2.60 bits per heavy atom. The third-order valence-electron chi connectivity index (χ3n) is 6.30. The van der Waals surface area contributed by atoms with Crippen LogP contribution in [0.4, 0.5) is 8.78 Å². The zero-order chi connectivity index (χ0) is 29.0. The molecule has 1 unspecified atom stereocenters. The van der Waals surface area contributed by atoms with Crippen LogP contribution in [0.15, 0.2) is 18.2 Å². The SMILES string of the molecule is CC.C[C@@H](CO)CNC(=O)c1cc(F)c(COc2nc3nc(O[C@@H]4COC5[C@H](O)CO[C@@H]54)[nH]c3cc2Cl)c(F)c1. The maximum Gasteiger partial charge on any atom is 0.296 e. The number of nitrogens with zero attached hydrogens (tertiary/aromatic N) is 2. The summed E-state index contributed by atoms with van der Waals surface area (Å²) in [6.45, 7) is 5.56. The van der Waals surface area contributed by atoms with Crippen LogP contribution in [0.25, 0.3) is 11.2 Å². The van der Waals surface area contributed by atoms with E-state index in [1.54, 1.807) is 6.92 Å². The van der Waals surface area contributed by atoms with Crippen molar-refractivity contribution in [2.24, 2.45) is 5.92 Å². The number of hydrogen-bond donors (Lipinski definition) is 4. The lowest BCUT2D eigenvalue weighted by Gasteiger charge is -2.15. The Labute approximate surface area is 233 Å². The molecule has 4 heterocycles. The number of rotatable bonds is 9. The van der Waals surface area contributed by atoms with Gasteiger partial charge in [-0.3, -0.25) is 4.79 Å². The molecule has 4 N–H and O–H groups in total. The smallest absolute Gasteiger partial charge is 0.296 e. The molecule has 0 radical (unpaired) electrons. The van der Waals surface area contributed by atoms with Gasteiger partial charge in [0.1, 0.15) is 41.6 Å². The first-order chi connectivity index (χ1) is 19.2. The highest BCUT2D eigenvalue weighted by molar-refractivity contribution is 6.32. The second-order valence-corrected chi connectivity index (χ2v) is 9.62. The van der Waals surface area contributed by atoms with Crippen molar-refractivity contribution in [2.45, 2.75) is 51.8 Å². The Hall–Kier alpha value is -3.10. The van der Waals surface area contributed by atoms with Gasteiger partial charge >= 0.3 is 0 Å². The molecule has 1 aromatic carbocycles. The van der Waals surface area contributed by atoms with Crippen molar-refractivity contribution in [2.75, 3.05) is 26.4 Å². The Morgan fingerprint density at radius 1 is 1.20 bits per heavy atom. The zero-order valence-corrected chi connectivity index (χ0v) is 22.9. The maximum atomic E-state index is 14.6. The number of carbonyl (C=O) groups is 1. The first kappa shape index (κ1) is 29.9. The van der Waals surface area contributed by atoms with Gasteiger partial charge in [0.15, 0.2) is 11.8 Å². The number of fused-ring (bicyclic) bond motifs is 2. The number of carbonyl (C=O) groups excluding carboxylic acids is 1. The van der Waals surface area contributed by atoms with E-state index in [0.29, 0.717) is 5.52 Å². The van der Waals surface area contributed by atoms with Gasteiger partial charge in [0.25, 0.3) is 11.9 Å². The summed E-state index contributed by atoms with van der Waals surface area (Å²) in [5, 5.41) is 21.5. The third kappa shape index (κ3) is 6.44. The largest absolute Gasteiger partial charge is 0.471 e. The van der Waals surface area contributed by atoms with Gasteiger partial charge in [-0.05, 0) is 24.1 Å². The molecule has 2 saturated heterocycles. The van der Waals surface area contributed by atoms with Crippen molar-refractivity contribution in [3.8, 4) is 11.9 Å². The molecule has 5 rings (SSSR count). The van der Waals surface area contributed by atoms with Gasteiger partial charge in [0, 0.05) is 18.7 Å². The summed E-state index contributed by atoms with van der Waals surface area (Å²) < 4.78 is 51.7. The number of H-pyrrole nitrogens is 1. The van der Waals surface area contributed by atoms with Crippen molar-refractivity contribution in [1.82, 2.24) is 20.3 Å². The lowest BCUT2D eigenvalue weighted by Crippen LogP contribution is -2.34. The molecular formula is C26H31ClF2N4O7. The van der Waals surface area contributed by atoms with Crippen LogP contribution in [0.1, 0.15) is 36.7 Å². The topological polar surface area (TPSA) is 148 Å². The zero-order valence-electron chi connectivity index (χ0n) is 22.1. The molecule has 2 fully saturated rings. The standard InChI is InChI=1S/C24H25ClF2N4O7.C2H6/c1-10(6-32)5-28-22(34)11-2-14(26)12(15(27)3-11)7-37-23-13(25)4-16-21(30-23)31-24(29-16)38-18-9-36-19-17(33)8-35-20(18)19;1-2/h2-4,10,17-20,32-33H,5-9H2,1H3,(H,28,34)(H,29,30,31);1-2H3/t10-,17-,18-,19?,20-;/m1./s1. The summed E-state index contributed by atoms with van der Waals surface area (Å²) in [5.41, 5.74) is 0.00610. The third-order valence-corrected chi connectivity index (χ3v) is 6.57. The van der Waals surface area contributed by atoms with Crippen LogP contribution >= 0.6 is 11.6 Å². The van der Waals surface area contributed by atoms with Gasteiger partial charge in [0.05, 0.1) is 24.3 Å². The Kier molecular flexibility index (Phi) is 9.74. The monoisotopic (exact) mass is 584 g/mol. The van der Waals surface area contributed by atoms with Crippen LogP contribution < -0.4 is 14.8 Å². The summed E-state index contributed by atoms with van der Waals surface area (Å²) in [5.74, 6) is -2.93. The molecular weight excluding hydrogens is 554 g/mol. The number of ether oxygens (including phenoxy) is 4. The summed E-state index contributed by atoms with van der Waals surface area (Å²) in [6, 6.07) is 3.41. The van der Waals surface area contributed by atoms with Crippen molar-refractivity contribution in [1.29, 1.82) is 0 Å². The highest BCUT2D eigenvalue weighted by Crippen LogP contribution is 2.31. The minimum absolute atomic E-state index is 0.0639. The average Bonchev–Trinajstić information content (AvgIpc) is 3.64. The molecule has 2 aliphatic heterocycles. The van der Waals surface area contributed by atoms with E-state index in [2.05, 4.69) is 20.3 Å². The van der Waals surface area contributed by atoms with Gasteiger partial charge < -0.3 is 39.5 Å². The summed E-state index contributed by atoms with van der Waals surface area (Å²) in [6.07, 6.45) is -2.10. The molecule has 0 bridgehead atoms. The fraction of sp³-hybridized carbons (Fsp3) is 0.500. The number of hydrogen-bond acceptors (Lipinski definition) is 9. The molecule has 2 aromatic heterocycles. The first-order valence-corrected chi connectivity index (χ1v) is 13.2. The number of aromatic amines is 1. The van der Waals surface area contributed by atoms with E-state index < -0.39 is 54.1 Å². The van der Waals surface area contributed by atoms with Crippen molar-refractivity contribution < 1.29 is 42.7 Å². The number of benzene rings is 1. The Bertz CT molecular complexity index is 1320. The number of nitrogens with one attached hydrogen (secondary N) is 2. The number of aliphatic hydroxyl groups is 2. The van der Waals surface area contributed by atoms with Crippen LogP contribution in [-0.2, 0) is 16.1 Å². The van der Waals surface area contributed by atoms with Crippen molar-refractivity contribution in [3.63, 3.8) is 0 Å². The van der Waals surface area contributed by atoms with Crippen LogP contribution in [0, 0.1) is 17.6 Å². The van der Waals surface area contributed by atoms with Gasteiger partial charge in [0.2, 0.25) is 5.88 Å². The molecule has 0 aliphatic carbocycles. The van der Waals surface area contributed by atoms with Gasteiger partial charge in [-0.15, -0.1) is 0 Å². The highest BCUT2D eigenvalue weighted by atomic mass is 35.5.